The summed E-state index contributed by atoms with van der Waals surface area (Å²) in [6, 6.07) is 6.66. The molecule has 3 rings (SSSR count). The monoisotopic (exact) mass is 479 g/mol. The zero-order valence-electron chi connectivity index (χ0n) is 17.5. The van der Waals surface area contributed by atoms with Crippen molar-refractivity contribution in [2.75, 3.05) is 5.75 Å². The van der Waals surface area contributed by atoms with Gasteiger partial charge in [0.15, 0.2) is 10.9 Å². The van der Waals surface area contributed by atoms with Gasteiger partial charge in [-0.05, 0) is 43.2 Å². The second kappa shape index (κ2) is 9.79. The van der Waals surface area contributed by atoms with Crippen LogP contribution in [-0.4, -0.2) is 33.0 Å². The molecule has 1 heterocycles. The van der Waals surface area contributed by atoms with Crippen molar-refractivity contribution in [1.29, 1.82) is 0 Å². The molecule has 1 N–H and O–H groups in total. The van der Waals surface area contributed by atoms with Gasteiger partial charge < -0.3 is 5.32 Å². The SMILES string of the molecule is CC(=O)C(NC(=O)CSc1nc2ccc(Cl)cc2c(=O)n1-c1ccc(F)cc1F)C(C)C. The van der Waals surface area contributed by atoms with Gasteiger partial charge in [0.25, 0.3) is 5.56 Å². The normalized spacial score (nSPS) is 12.2. The first-order valence-electron chi connectivity index (χ1n) is 9.69. The van der Waals surface area contributed by atoms with E-state index in [4.69, 9.17) is 11.6 Å². The Labute approximate surface area is 192 Å². The highest BCUT2D eigenvalue weighted by atomic mass is 35.5. The lowest BCUT2D eigenvalue weighted by molar-refractivity contribution is -0.126. The molecule has 0 spiro atoms. The van der Waals surface area contributed by atoms with Gasteiger partial charge in [-0.25, -0.2) is 13.8 Å². The summed E-state index contributed by atoms with van der Waals surface area (Å²) in [5.41, 5.74) is -0.517. The minimum absolute atomic E-state index is 0.0365. The van der Waals surface area contributed by atoms with Crippen LogP contribution in [0.1, 0.15) is 20.8 Å². The first-order valence-corrected chi connectivity index (χ1v) is 11.0. The Balaban J connectivity index is 2.04. The van der Waals surface area contributed by atoms with Gasteiger partial charge in [-0.3, -0.25) is 19.0 Å². The number of halogens is 3. The standard InChI is InChI=1S/C22H20ClF2N3O3S/c1-11(2)20(12(3)29)27-19(30)10-32-22-26-17-6-4-13(23)8-15(17)21(31)28(22)18-7-5-14(24)9-16(18)25/h4-9,11,20H,10H2,1-3H3,(H,27,30). The molecule has 0 aliphatic rings. The third kappa shape index (κ3) is 5.16. The third-order valence-corrected chi connectivity index (χ3v) is 5.88. The van der Waals surface area contributed by atoms with Gasteiger partial charge in [-0.2, -0.15) is 0 Å². The summed E-state index contributed by atoms with van der Waals surface area (Å²) in [6.07, 6.45) is 0. The number of carbonyl (C=O) groups excluding carboxylic acids is 2. The van der Waals surface area contributed by atoms with E-state index in [1.54, 1.807) is 12.1 Å². The van der Waals surface area contributed by atoms with Gasteiger partial charge in [0.1, 0.15) is 11.6 Å². The fourth-order valence-corrected chi connectivity index (χ4v) is 4.18. The second-order valence-corrected chi connectivity index (χ2v) is 8.86. The first kappa shape index (κ1) is 23.9. The summed E-state index contributed by atoms with van der Waals surface area (Å²) in [7, 11) is 0. The molecule has 0 saturated carbocycles. The Morgan fingerprint density at radius 1 is 1.19 bits per heavy atom. The molecular formula is C22H20ClF2N3O3S. The van der Waals surface area contributed by atoms with E-state index >= 15 is 0 Å². The van der Waals surface area contributed by atoms with Gasteiger partial charge in [0.2, 0.25) is 5.91 Å². The second-order valence-electron chi connectivity index (χ2n) is 7.48. The van der Waals surface area contributed by atoms with Crippen LogP contribution in [-0.2, 0) is 9.59 Å². The maximum Gasteiger partial charge on any atom is 0.266 e. The van der Waals surface area contributed by atoms with E-state index in [1.165, 1.54) is 13.0 Å². The molecule has 3 aromatic rings. The molecule has 1 amide bonds. The van der Waals surface area contributed by atoms with Gasteiger partial charge in [-0.15, -0.1) is 0 Å². The highest BCUT2D eigenvalue weighted by Crippen LogP contribution is 2.24. The Kier molecular flexibility index (Phi) is 7.30. The average molecular weight is 480 g/mol. The zero-order valence-corrected chi connectivity index (χ0v) is 19.1. The van der Waals surface area contributed by atoms with E-state index in [0.29, 0.717) is 16.6 Å². The van der Waals surface area contributed by atoms with Crippen LogP contribution in [0, 0.1) is 17.6 Å². The summed E-state index contributed by atoms with van der Waals surface area (Å²) in [5, 5.41) is 3.14. The molecule has 6 nitrogen and oxygen atoms in total. The van der Waals surface area contributed by atoms with Crippen molar-refractivity contribution < 1.29 is 18.4 Å². The highest BCUT2D eigenvalue weighted by Gasteiger charge is 2.22. The molecule has 2 aromatic carbocycles. The number of ketones is 1. The largest absolute Gasteiger partial charge is 0.345 e. The highest BCUT2D eigenvalue weighted by molar-refractivity contribution is 7.99. The maximum atomic E-state index is 14.5. The molecule has 0 fully saturated rings. The van der Waals surface area contributed by atoms with Gasteiger partial charge >= 0.3 is 0 Å². The number of nitrogens with zero attached hydrogens (tertiary/aromatic N) is 2. The van der Waals surface area contributed by atoms with Crippen LogP contribution in [0.4, 0.5) is 8.78 Å². The summed E-state index contributed by atoms with van der Waals surface area (Å²) in [4.78, 5) is 41.8. The molecule has 0 aliphatic heterocycles. The molecule has 0 aliphatic carbocycles. The van der Waals surface area contributed by atoms with Crippen LogP contribution in [0.25, 0.3) is 16.6 Å². The molecule has 32 heavy (non-hydrogen) atoms. The number of amides is 1. The molecule has 0 radical (unpaired) electrons. The number of carbonyl (C=O) groups is 2. The van der Waals surface area contributed by atoms with Gasteiger partial charge in [0.05, 0.1) is 28.4 Å². The van der Waals surface area contributed by atoms with E-state index < -0.39 is 29.1 Å². The van der Waals surface area contributed by atoms with Crippen molar-refractivity contribution in [1.82, 2.24) is 14.9 Å². The van der Waals surface area contributed by atoms with Crippen molar-refractivity contribution in [2.45, 2.75) is 32.0 Å². The number of Topliss-reactive ketones (excluding diaryl/α,β-unsaturated/α-hetero) is 1. The average Bonchev–Trinajstić information content (AvgIpc) is 2.71. The Morgan fingerprint density at radius 3 is 2.53 bits per heavy atom. The number of hydrogen-bond acceptors (Lipinski definition) is 5. The first-order chi connectivity index (χ1) is 15.1. The zero-order chi connectivity index (χ0) is 23.6. The molecule has 1 unspecified atom stereocenters. The quantitative estimate of drug-likeness (QED) is 0.407. The molecule has 0 bridgehead atoms. The number of rotatable bonds is 7. The maximum absolute atomic E-state index is 14.5. The smallest absolute Gasteiger partial charge is 0.266 e. The Morgan fingerprint density at radius 2 is 1.91 bits per heavy atom. The lowest BCUT2D eigenvalue weighted by Crippen LogP contribution is -2.44. The van der Waals surface area contributed by atoms with Crippen molar-refractivity contribution in [3.63, 3.8) is 0 Å². The molecule has 10 heteroatoms. The fraction of sp³-hybridized carbons (Fsp3) is 0.273. The Bertz CT molecular complexity index is 1260. The van der Waals surface area contributed by atoms with Crippen molar-refractivity contribution >= 4 is 46.0 Å². The molecule has 1 atom stereocenters. The summed E-state index contributed by atoms with van der Waals surface area (Å²) in [6.45, 7) is 5.01. The van der Waals surface area contributed by atoms with Crippen molar-refractivity contribution in [2.24, 2.45) is 5.92 Å². The number of nitrogens with one attached hydrogen (secondary N) is 1. The number of thioether (sulfide) groups is 1. The third-order valence-electron chi connectivity index (χ3n) is 4.70. The van der Waals surface area contributed by atoms with Crippen LogP contribution in [0.3, 0.4) is 0 Å². The van der Waals surface area contributed by atoms with E-state index in [9.17, 15) is 23.2 Å². The van der Waals surface area contributed by atoms with Crippen LogP contribution in [0.2, 0.25) is 5.02 Å². The minimum Gasteiger partial charge on any atom is -0.345 e. The summed E-state index contributed by atoms with van der Waals surface area (Å²) >= 11 is 6.89. The summed E-state index contributed by atoms with van der Waals surface area (Å²) < 4.78 is 29.0. The molecule has 0 saturated heterocycles. The van der Waals surface area contributed by atoms with Crippen LogP contribution in [0.15, 0.2) is 46.3 Å². The topological polar surface area (TPSA) is 81.1 Å². The van der Waals surface area contributed by atoms with Crippen LogP contribution >= 0.6 is 23.4 Å². The molecule has 1 aromatic heterocycles. The van der Waals surface area contributed by atoms with Crippen LogP contribution in [0.5, 0.6) is 0 Å². The predicted molar refractivity (Wildman–Crippen MR) is 120 cm³/mol. The number of hydrogen-bond donors (Lipinski definition) is 1. The van der Waals surface area contributed by atoms with E-state index in [1.807, 2.05) is 13.8 Å². The predicted octanol–water partition coefficient (Wildman–Crippen LogP) is 4.14. The van der Waals surface area contributed by atoms with Gasteiger partial charge in [-0.1, -0.05) is 37.2 Å². The Hall–Kier alpha value is -2.78. The molecule has 168 valence electrons. The minimum atomic E-state index is -0.960. The lowest BCUT2D eigenvalue weighted by Gasteiger charge is -2.19. The number of fused-ring (bicyclic) bond motifs is 1. The lowest BCUT2D eigenvalue weighted by atomic mass is 10.0. The molecular weight excluding hydrogens is 460 g/mol. The van der Waals surface area contributed by atoms with Crippen molar-refractivity contribution in [3.8, 4) is 5.69 Å². The number of benzene rings is 2. The fourth-order valence-electron chi connectivity index (χ4n) is 3.19. The van der Waals surface area contributed by atoms with E-state index in [2.05, 4.69) is 10.3 Å². The summed E-state index contributed by atoms with van der Waals surface area (Å²) in [5.74, 6) is -2.65. The van der Waals surface area contributed by atoms with Crippen molar-refractivity contribution in [3.05, 3.63) is 63.4 Å². The van der Waals surface area contributed by atoms with E-state index in [0.717, 1.165) is 28.5 Å². The number of aromatic nitrogens is 2. The van der Waals surface area contributed by atoms with Gasteiger partial charge in [0, 0.05) is 11.1 Å². The van der Waals surface area contributed by atoms with Crippen LogP contribution < -0.4 is 10.9 Å². The van der Waals surface area contributed by atoms with E-state index in [-0.39, 0.29) is 33.7 Å².